The second-order valence-electron chi connectivity index (χ2n) is 7.37. The van der Waals surface area contributed by atoms with E-state index in [0.717, 1.165) is 25.7 Å². The van der Waals surface area contributed by atoms with Gasteiger partial charge in [0, 0.05) is 17.9 Å². The number of anilines is 1. The topological polar surface area (TPSA) is 64.9 Å². The number of benzene rings is 1. The van der Waals surface area contributed by atoms with Crippen molar-refractivity contribution in [3.63, 3.8) is 0 Å². The summed E-state index contributed by atoms with van der Waals surface area (Å²) in [5, 5.41) is 16.3. The Balaban J connectivity index is 1.93. The van der Waals surface area contributed by atoms with Crippen molar-refractivity contribution in [2.24, 2.45) is 0 Å². The third-order valence-electron chi connectivity index (χ3n) is 5.11. The van der Waals surface area contributed by atoms with Crippen LogP contribution in [0.1, 0.15) is 70.6 Å². The summed E-state index contributed by atoms with van der Waals surface area (Å²) in [4.78, 5) is 12.6. The number of nitrogens with one attached hydrogen (secondary N) is 2. The zero-order valence-corrected chi connectivity index (χ0v) is 17.8. The highest BCUT2D eigenvalue weighted by Gasteiger charge is 2.16. The van der Waals surface area contributed by atoms with Crippen molar-refractivity contribution in [1.82, 2.24) is 5.32 Å². The molecule has 0 spiro atoms. The molecule has 0 unspecified atom stereocenters. The second-order valence-corrected chi connectivity index (χ2v) is 8.19. The molecule has 0 saturated heterocycles. The molecule has 1 saturated carbocycles. The number of nitriles is 1. The van der Waals surface area contributed by atoms with Crippen LogP contribution in [-0.2, 0) is 4.79 Å². The maximum absolute atomic E-state index is 12.6. The van der Waals surface area contributed by atoms with Gasteiger partial charge in [0.05, 0.1) is 10.0 Å². The smallest absolute Gasteiger partial charge is 0.263 e. The van der Waals surface area contributed by atoms with Crippen LogP contribution in [0.15, 0.2) is 30.0 Å². The molecule has 152 valence electrons. The summed E-state index contributed by atoms with van der Waals surface area (Å²) in [5.74, 6) is -0.327. The van der Waals surface area contributed by atoms with Gasteiger partial charge in [-0.05, 0) is 31.0 Å². The third kappa shape index (κ3) is 8.12. The van der Waals surface area contributed by atoms with Crippen molar-refractivity contribution in [2.75, 3.05) is 5.32 Å². The van der Waals surface area contributed by atoms with Gasteiger partial charge in [0.1, 0.15) is 11.6 Å². The van der Waals surface area contributed by atoms with Crippen molar-refractivity contribution in [2.45, 2.75) is 76.7 Å². The minimum absolute atomic E-state index is 0.0530. The Morgan fingerprint density at radius 3 is 2.07 bits per heavy atom. The first-order valence-electron chi connectivity index (χ1n) is 10.2. The molecule has 1 aromatic rings. The Morgan fingerprint density at radius 1 is 0.964 bits per heavy atom. The summed E-state index contributed by atoms with van der Waals surface area (Å²) >= 11 is 11.9. The summed E-state index contributed by atoms with van der Waals surface area (Å²) < 4.78 is 0. The van der Waals surface area contributed by atoms with Crippen LogP contribution in [0.25, 0.3) is 0 Å². The lowest BCUT2D eigenvalue weighted by Crippen LogP contribution is -2.35. The van der Waals surface area contributed by atoms with Gasteiger partial charge in [0.25, 0.3) is 5.91 Å². The summed E-state index contributed by atoms with van der Waals surface area (Å²) in [7, 11) is 0. The number of nitrogens with zero attached hydrogens (tertiary/aromatic N) is 1. The predicted molar refractivity (Wildman–Crippen MR) is 116 cm³/mol. The molecule has 4 nitrogen and oxygen atoms in total. The SMILES string of the molecule is N#C/C(=C/Nc1ccc(Cl)c(Cl)c1)C(=O)NC1CCCCCCCCCCC1. The Bertz CT molecular complexity index is 700. The van der Waals surface area contributed by atoms with Crippen LogP contribution in [0.2, 0.25) is 10.0 Å². The monoisotopic (exact) mass is 421 g/mol. The maximum atomic E-state index is 12.6. The highest BCUT2D eigenvalue weighted by Crippen LogP contribution is 2.25. The molecule has 0 bridgehead atoms. The van der Waals surface area contributed by atoms with E-state index in [9.17, 15) is 10.1 Å². The first kappa shape index (κ1) is 22.6. The summed E-state index contributed by atoms with van der Waals surface area (Å²) in [6, 6.07) is 7.17. The molecule has 0 atom stereocenters. The molecule has 0 heterocycles. The van der Waals surface area contributed by atoms with Crippen LogP contribution in [0.4, 0.5) is 5.69 Å². The second kappa shape index (κ2) is 12.7. The molecule has 1 amide bonds. The highest BCUT2D eigenvalue weighted by molar-refractivity contribution is 6.42. The van der Waals surface area contributed by atoms with E-state index >= 15 is 0 Å². The van der Waals surface area contributed by atoms with Crippen LogP contribution < -0.4 is 10.6 Å². The molecule has 0 aliphatic heterocycles. The van der Waals surface area contributed by atoms with Gasteiger partial charge in [-0.1, -0.05) is 81.0 Å². The van der Waals surface area contributed by atoms with E-state index in [4.69, 9.17) is 23.2 Å². The molecule has 2 N–H and O–H groups in total. The van der Waals surface area contributed by atoms with Gasteiger partial charge in [-0.25, -0.2) is 0 Å². The van der Waals surface area contributed by atoms with Crippen LogP contribution in [0, 0.1) is 11.3 Å². The Morgan fingerprint density at radius 2 is 1.54 bits per heavy atom. The molecular formula is C22H29Cl2N3O. The Labute approximate surface area is 178 Å². The predicted octanol–water partition coefficient (Wildman–Crippen LogP) is 6.60. The van der Waals surface area contributed by atoms with Crippen molar-refractivity contribution in [3.8, 4) is 6.07 Å². The number of hydrogen-bond donors (Lipinski definition) is 2. The van der Waals surface area contributed by atoms with Crippen LogP contribution >= 0.6 is 23.2 Å². The fourth-order valence-corrected chi connectivity index (χ4v) is 3.76. The van der Waals surface area contributed by atoms with Gasteiger partial charge in [-0.3, -0.25) is 4.79 Å². The molecule has 28 heavy (non-hydrogen) atoms. The number of halogens is 2. The number of hydrogen-bond acceptors (Lipinski definition) is 3. The zero-order valence-electron chi connectivity index (χ0n) is 16.3. The van der Waals surface area contributed by atoms with Crippen molar-refractivity contribution >= 4 is 34.8 Å². The average molecular weight is 422 g/mol. The molecule has 0 radical (unpaired) electrons. The molecule has 1 aliphatic carbocycles. The van der Waals surface area contributed by atoms with Crippen LogP contribution in [0.3, 0.4) is 0 Å². The fourth-order valence-electron chi connectivity index (χ4n) is 3.46. The standard InChI is InChI=1S/C22H29Cl2N3O/c23-20-13-12-19(14-21(20)24)26-16-17(15-25)22(28)27-18-10-8-6-4-2-1-3-5-7-9-11-18/h12-14,16,18,26H,1-11H2,(H,27,28)/b17-16-. The van der Waals surface area contributed by atoms with Gasteiger partial charge in [-0.15, -0.1) is 0 Å². The highest BCUT2D eigenvalue weighted by atomic mass is 35.5. The first-order valence-corrected chi connectivity index (χ1v) is 11.0. The minimum Gasteiger partial charge on any atom is -0.360 e. The molecule has 0 aromatic heterocycles. The summed E-state index contributed by atoms with van der Waals surface area (Å²) in [5.41, 5.74) is 0.721. The molecule has 2 rings (SSSR count). The fraction of sp³-hybridized carbons (Fsp3) is 0.545. The lowest BCUT2D eigenvalue weighted by Gasteiger charge is -2.19. The molecule has 1 fully saturated rings. The van der Waals surface area contributed by atoms with E-state index in [-0.39, 0.29) is 17.5 Å². The van der Waals surface area contributed by atoms with Crippen LogP contribution in [0.5, 0.6) is 0 Å². The van der Waals surface area contributed by atoms with E-state index in [1.807, 2.05) is 6.07 Å². The van der Waals surface area contributed by atoms with E-state index in [1.165, 1.54) is 51.1 Å². The largest absolute Gasteiger partial charge is 0.360 e. The number of rotatable bonds is 4. The number of carbonyl (C=O) groups excluding carboxylic acids is 1. The normalized spacial score (nSPS) is 17.7. The summed E-state index contributed by atoms with van der Waals surface area (Å²) in [6.07, 6.45) is 14.6. The van der Waals surface area contributed by atoms with E-state index in [2.05, 4.69) is 10.6 Å². The third-order valence-corrected chi connectivity index (χ3v) is 5.85. The number of amides is 1. The van der Waals surface area contributed by atoms with Gasteiger partial charge in [0.2, 0.25) is 0 Å². The minimum atomic E-state index is -0.327. The zero-order chi connectivity index (χ0) is 20.2. The van der Waals surface area contributed by atoms with Gasteiger partial charge < -0.3 is 10.6 Å². The van der Waals surface area contributed by atoms with E-state index < -0.39 is 0 Å². The molecule has 1 aromatic carbocycles. The van der Waals surface area contributed by atoms with Gasteiger partial charge in [-0.2, -0.15) is 5.26 Å². The van der Waals surface area contributed by atoms with Crippen molar-refractivity contribution in [3.05, 3.63) is 40.0 Å². The molecular weight excluding hydrogens is 393 g/mol. The van der Waals surface area contributed by atoms with Crippen molar-refractivity contribution in [1.29, 1.82) is 5.26 Å². The average Bonchev–Trinajstić information content (AvgIpc) is 2.67. The Hall–Kier alpha value is -1.70. The van der Waals surface area contributed by atoms with E-state index in [0.29, 0.717) is 15.7 Å². The lowest BCUT2D eigenvalue weighted by atomic mass is 9.98. The molecule has 1 aliphatic rings. The van der Waals surface area contributed by atoms with Gasteiger partial charge in [0.15, 0.2) is 0 Å². The molecule has 6 heteroatoms. The summed E-state index contributed by atoms with van der Waals surface area (Å²) in [6.45, 7) is 0. The van der Waals surface area contributed by atoms with E-state index in [1.54, 1.807) is 18.2 Å². The van der Waals surface area contributed by atoms with Gasteiger partial charge >= 0.3 is 0 Å². The number of carbonyl (C=O) groups is 1. The Kier molecular flexibility index (Phi) is 10.2. The lowest BCUT2D eigenvalue weighted by molar-refractivity contribution is -0.117. The quantitative estimate of drug-likeness (QED) is 0.424. The van der Waals surface area contributed by atoms with Crippen molar-refractivity contribution < 1.29 is 4.79 Å². The van der Waals surface area contributed by atoms with Crippen LogP contribution in [-0.4, -0.2) is 11.9 Å². The first-order chi connectivity index (χ1) is 13.6. The maximum Gasteiger partial charge on any atom is 0.263 e.